The Bertz CT molecular complexity index is 654. The van der Waals surface area contributed by atoms with E-state index in [1.807, 2.05) is 4.90 Å². The molecule has 0 bridgehead atoms. The van der Waals surface area contributed by atoms with Gasteiger partial charge in [-0.2, -0.15) is 5.10 Å². The van der Waals surface area contributed by atoms with Crippen LogP contribution in [-0.2, 0) is 0 Å². The molecule has 0 aliphatic rings. The summed E-state index contributed by atoms with van der Waals surface area (Å²) in [6, 6.07) is 8.02. The van der Waals surface area contributed by atoms with Crippen molar-refractivity contribution in [3.63, 3.8) is 0 Å². The molecule has 0 saturated carbocycles. The lowest BCUT2D eigenvalue weighted by Crippen LogP contribution is -2.37. The zero-order valence-electron chi connectivity index (χ0n) is 14.2. The van der Waals surface area contributed by atoms with Gasteiger partial charge in [-0.3, -0.25) is 4.79 Å². The summed E-state index contributed by atoms with van der Waals surface area (Å²) >= 11 is 0. The maximum absolute atomic E-state index is 13.8. The fraction of sp³-hybridized carbons (Fsp3) is 0.444. The molecule has 0 radical (unpaired) electrons. The summed E-state index contributed by atoms with van der Waals surface area (Å²) < 4.78 is 15.2. The van der Waals surface area contributed by atoms with E-state index in [0.717, 1.165) is 0 Å². The number of carbonyl (C=O) groups excluding carboxylic acids is 1. The van der Waals surface area contributed by atoms with Crippen LogP contribution >= 0.6 is 0 Å². The second-order valence-electron chi connectivity index (χ2n) is 6.59. The molecular weight excluding hydrogens is 293 g/mol. The third kappa shape index (κ3) is 4.41. The van der Waals surface area contributed by atoms with Crippen LogP contribution in [0.4, 0.5) is 4.39 Å². The number of hydrogen-bond donors (Lipinski definition) is 0. The topological polar surface area (TPSA) is 38.1 Å². The standard InChI is InChI=1S/C18H24FN3O/c1-13(2)11-21(12-14(3)4)18(23)16-9-10-22(20-16)17-8-6-5-7-15(17)19/h5-10,13-14H,11-12H2,1-4H3. The van der Waals surface area contributed by atoms with Gasteiger partial charge in [0.2, 0.25) is 0 Å². The number of para-hydroxylation sites is 1. The van der Waals surface area contributed by atoms with Gasteiger partial charge >= 0.3 is 0 Å². The molecule has 124 valence electrons. The third-order valence-corrected chi connectivity index (χ3v) is 3.37. The zero-order valence-corrected chi connectivity index (χ0v) is 14.2. The highest BCUT2D eigenvalue weighted by Crippen LogP contribution is 2.14. The van der Waals surface area contributed by atoms with Crippen molar-refractivity contribution >= 4 is 5.91 Å². The lowest BCUT2D eigenvalue weighted by molar-refractivity contribution is 0.0708. The molecule has 0 spiro atoms. The molecule has 1 heterocycles. The molecule has 0 aliphatic carbocycles. The summed E-state index contributed by atoms with van der Waals surface area (Å²) in [6.07, 6.45) is 1.62. The van der Waals surface area contributed by atoms with E-state index in [2.05, 4.69) is 32.8 Å². The van der Waals surface area contributed by atoms with Crippen LogP contribution in [-0.4, -0.2) is 33.7 Å². The monoisotopic (exact) mass is 317 g/mol. The Morgan fingerprint density at radius 1 is 1.13 bits per heavy atom. The Labute approximate surface area is 136 Å². The number of nitrogens with zero attached hydrogens (tertiary/aromatic N) is 3. The molecule has 1 amide bonds. The molecule has 0 aliphatic heterocycles. The van der Waals surface area contributed by atoms with Gasteiger partial charge in [-0.25, -0.2) is 9.07 Å². The molecule has 1 aromatic heterocycles. The number of benzene rings is 1. The summed E-state index contributed by atoms with van der Waals surface area (Å²) in [7, 11) is 0. The fourth-order valence-corrected chi connectivity index (χ4v) is 2.49. The van der Waals surface area contributed by atoms with Crippen LogP contribution in [0.3, 0.4) is 0 Å². The summed E-state index contributed by atoms with van der Waals surface area (Å²) in [5.41, 5.74) is 0.681. The average Bonchev–Trinajstić information content (AvgIpc) is 2.95. The number of hydrogen-bond acceptors (Lipinski definition) is 2. The van der Waals surface area contributed by atoms with E-state index in [4.69, 9.17) is 0 Å². The predicted molar refractivity (Wildman–Crippen MR) is 89.1 cm³/mol. The fourth-order valence-electron chi connectivity index (χ4n) is 2.49. The van der Waals surface area contributed by atoms with Gasteiger partial charge in [-0.1, -0.05) is 39.8 Å². The van der Waals surface area contributed by atoms with E-state index in [9.17, 15) is 9.18 Å². The van der Waals surface area contributed by atoms with Gasteiger partial charge in [-0.15, -0.1) is 0 Å². The minimum absolute atomic E-state index is 0.109. The van der Waals surface area contributed by atoms with E-state index < -0.39 is 0 Å². The number of rotatable bonds is 6. The maximum Gasteiger partial charge on any atom is 0.274 e. The van der Waals surface area contributed by atoms with Gasteiger partial charge in [0.05, 0.1) is 0 Å². The highest BCUT2D eigenvalue weighted by atomic mass is 19.1. The second-order valence-corrected chi connectivity index (χ2v) is 6.59. The Hall–Kier alpha value is -2.17. The van der Waals surface area contributed by atoms with Crippen molar-refractivity contribution < 1.29 is 9.18 Å². The van der Waals surface area contributed by atoms with E-state index in [1.165, 1.54) is 10.7 Å². The Kier molecular flexibility index (Phi) is 5.53. The van der Waals surface area contributed by atoms with Crippen LogP contribution < -0.4 is 0 Å². The Morgan fingerprint density at radius 2 is 1.74 bits per heavy atom. The molecule has 1 aromatic carbocycles. The van der Waals surface area contributed by atoms with Crippen LogP contribution in [0.2, 0.25) is 0 Å². The van der Waals surface area contributed by atoms with Crippen molar-refractivity contribution in [1.29, 1.82) is 0 Å². The summed E-state index contributed by atoms with van der Waals surface area (Å²) in [5.74, 6) is 0.288. The first-order chi connectivity index (χ1) is 10.9. The van der Waals surface area contributed by atoms with Gasteiger partial charge in [0.15, 0.2) is 5.69 Å². The lowest BCUT2D eigenvalue weighted by Gasteiger charge is -2.25. The summed E-state index contributed by atoms with van der Waals surface area (Å²) in [4.78, 5) is 14.5. The van der Waals surface area contributed by atoms with E-state index >= 15 is 0 Å². The number of aromatic nitrogens is 2. The normalized spacial score (nSPS) is 11.3. The van der Waals surface area contributed by atoms with Crippen LogP contribution in [0, 0.1) is 17.7 Å². The molecule has 0 N–H and O–H groups in total. The lowest BCUT2D eigenvalue weighted by atomic mass is 10.1. The molecule has 2 rings (SSSR count). The molecular formula is C18H24FN3O. The van der Waals surface area contributed by atoms with E-state index in [0.29, 0.717) is 36.3 Å². The van der Waals surface area contributed by atoms with Crippen molar-refractivity contribution in [1.82, 2.24) is 14.7 Å². The molecule has 4 nitrogen and oxygen atoms in total. The van der Waals surface area contributed by atoms with Gasteiger partial charge in [-0.05, 0) is 30.0 Å². The van der Waals surface area contributed by atoms with Crippen LogP contribution in [0.15, 0.2) is 36.5 Å². The van der Waals surface area contributed by atoms with Crippen molar-refractivity contribution in [2.45, 2.75) is 27.7 Å². The largest absolute Gasteiger partial charge is 0.337 e. The average molecular weight is 317 g/mol. The molecule has 0 fully saturated rings. The smallest absolute Gasteiger partial charge is 0.274 e. The zero-order chi connectivity index (χ0) is 17.0. The van der Waals surface area contributed by atoms with Crippen LogP contribution in [0.25, 0.3) is 5.69 Å². The third-order valence-electron chi connectivity index (χ3n) is 3.37. The SMILES string of the molecule is CC(C)CN(CC(C)C)C(=O)c1ccn(-c2ccccc2F)n1. The molecule has 0 saturated heterocycles. The van der Waals surface area contributed by atoms with Crippen molar-refractivity contribution in [3.05, 3.63) is 48.0 Å². The number of halogens is 1. The molecule has 0 atom stereocenters. The summed E-state index contributed by atoms with van der Waals surface area (Å²) in [5, 5.41) is 4.26. The van der Waals surface area contributed by atoms with Crippen molar-refractivity contribution in [2.24, 2.45) is 11.8 Å². The Morgan fingerprint density at radius 3 is 2.30 bits per heavy atom. The first-order valence-electron chi connectivity index (χ1n) is 7.98. The second kappa shape index (κ2) is 7.40. The minimum atomic E-state index is -0.365. The molecule has 2 aromatic rings. The van der Waals surface area contributed by atoms with Gasteiger partial charge in [0, 0.05) is 19.3 Å². The molecule has 0 unspecified atom stereocenters. The Balaban J connectivity index is 2.24. The maximum atomic E-state index is 13.8. The quantitative estimate of drug-likeness (QED) is 0.813. The van der Waals surface area contributed by atoms with Gasteiger partial charge < -0.3 is 4.90 Å². The van der Waals surface area contributed by atoms with Crippen molar-refractivity contribution in [3.8, 4) is 5.69 Å². The highest BCUT2D eigenvalue weighted by molar-refractivity contribution is 5.92. The van der Waals surface area contributed by atoms with E-state index in [-0.39, 0.29) is 11.7 Å². The van der Waals surface area contributed by atoms with Crippen LogP contribution in [0.5, 0.6) is 0 Å². The van der Waals surface area contributed by atoms with Gasteiger partial charge in [0.1, 0.15) is 11.5 Å². The van der Waals surface area contributed by atoms with E-state index in [1.54, 1.807) is 30.5 Å². The molecule has 5 heteroatoms. The highest BCUT2D eigenvalue weighted by Gasteiger charge is 2.20. The van der Waals surface area contributed by atoms with Crippen molar-refractivity contribution in [2.75, 3.05) is 13.1 Å². The minimum Gasteiger partial charge on any atom is -0.337 e. The molecule has 23 heavy (non-hydrogen) atoms. The van der Waals surface area contributed by atoms with Gasteiger partial charge in [0.25, 0.3) is 5.91 Å². The number of carbonyl (C=O) groups is 1. The summed E-state index contributed by atoms with van der Waals surface area (Å²) in [6.45, 7) is 9.70. The first kappa shape index (κ1) is 17.2. The number of amides is 1. The predicted octanol–water partition coefficient (Wildman–Crippen LogP) is 3.77. The van der Waals surface area contributed by atoms with Crippen LogP contribution in [0.1, 0.15) is 38.2 Å². The first-order valence-corrected chi connectivity index (χ1v) is 7.98.